The van der Waals surface area contributed by atoms with E-state index >= 15 is 0 Å². The lowest BCUT2D eigenvalue weighted by Gasteiger charge is -2.14. The van der Waals surface area contributed by atoms with E-state index in [1.807, 2.05) is 6.92 Å². The van der Waals surface area contributed by atoms with Crippen molar-refractivity contribution in [1.29, 1.82) is 0 Å². The fourth-order valence-corrected chi connectivity index (χ4v) is 1.29. The van der Waals surface area contributed by atoms with Crippen molar-refractivity contribution in [2.75, 3.05) is 6.61 Å². The minimum absolute atomic E-state index is 0.0181. The Balaban J connectivity index is 2.55. The summed E-state index contributed by atoms with van der Waals surface area (Å²) < 4.78 is 0. The molecule has 82 valence electrons. The minimum Gasteiger partial charge on any atom is -0.396 e. The summed E-state index contributed by atoms with van der Waals surface area (Å²) in [7, 11) is 0. The van der Waals surface area contributed by atoms with Crippen molar-refractivity contribution in [3.05, 3.63) is 30.1 Å². The lowest BCUT2D eigenvalue weighted by atomic mass is 10.1. The molecule has 1 unspecified atom stereocenters. The van der Waals surface area contributed by atoms with E-state index in [2.05, 4.69) is 10.3 Å². The number of nitrogens with zero attached hydrogens (tertiary/aromatic N) is 1. The molecule has 1 rings (SSSR count). The lowest BCUT2D eigenvalue weighted by Crippen LogP contribution is -2.35. The summed E-state index contributed by atoms with van der Waals surface area (Å²) in [5.74, 6) is -0.184. The standard InChI is InChI=1S/C11H16N2O2/c1-2-9(6-8-14)13-11(15)10-5-3-4-7-12-10/h3-5,7,9,14H,2,6,8H2,1H3,(H,13,15). The van der Waals surface area contributed by atoms with Crippen LogP contribution in [0.25, 0.3) is 0 Å². The molecule has 1 heterocycles. The maximum Gasteiger partial charge on any atom is 0.270 e. The number of carbonyl (C=O) groups excluding carboxylic acids is 1. The van der Waals surface area contributed by atoms with E-state index in [-0.39, 0.29) is 18.6 Å². The van der Waals surface area contributed by atoms with Crippen LogP contribution in [0.3, 0.4) is 0 Å². The van der Waals surface area contributed by atoms with Gasteiger partial charge < -0.3 is 10.4 Å². The molecule has 0 aromatic carbocycles. The van der Waals surface area contributed by atoms with Crippen LogP contribution in [0.5, 0.6) is 0 Å². The highest BCUT2D eigenvalue weighted by molar-refractivity contribution is 5.92. The van der Waals surface area contributed by atoms with Crippen LogP contribution in [0.15, 0.2) is 24.4 Å². The molecule has 15 heavy (non-hydrogen) atoms. The van der Waals surface area contributed by atoms with Crippen molar-refractivity contribution < 1.29 is 9.90 Å². The molecule has 1 atom stereocenters. The third kappa shape index (κ3) is 3.67. The van der Waals surface area contributed by atoms with Crippen LogP contribution in [0.1, 0.15) is 30.3 Å². The largest absolute Gasteiger partial charge is 0.396 e. The zero-order valence-electron chi connectivity index (χ0n) is 8.81. The fraction of sp³-hybridized carbons (Fsp3) is 0.455. The summed E-state index contributed by atoms with van der Waals surface area (Å²) in [6, 6.07) is 5.22. The van der Waals surface area contributed by atoms with E-state index in [1.54, 1.807) is 24.4 Å². The van der Waals surface area contributed by atoms with Gasteiger partial charge in [0, 0.05) is 18.8 Å². The van der Waals surface area contributed by atoms with Crippen LogP contribution in [0.2, 0.25) is 0 Å². The molecule has 0 spiro atoms. The second-order valence-electron chi connectivity index (χ2n) is 3.31. The molecule has 2 N–H and O–H groups in total. The monoisotopic (exact) mass is 208 g/mol. The summed E-state index contributed by atoms with van der Waals surface area (Å²) in [4.78, 5) is 15.6. The number of aromatic nitrogens is 1. The first kappa shape index (κ1) is 11.7. The first-order chi connectivity index (χ1) is 7.27. The Morgan fingerprint density at radius 1 is 1.60 bits per heavy atom. The molecule has 0 saturated carbocycles. The predicted molar refractivity (Wildman–Crippen MR) is 57.5 cm³/mol. The van der Waals surface area contributed by atoms with Crippen molar-refractivity contribution in [1.82, 2.24) is 10.3 Å². The van der Waals surface area contributed by atoms with Gasteiger partial charge in [-0.1, -0.05) is 13.0 Å². The van der Waals surface area contributed by atoms with E-state index in [4.69, 9.17) is 5.11 Å². The van der Waals surface area contributed by atoms with Gasteiger partial charge in [-0.2, -0.15) is 0 Å². The smallest absolute Gasteiger partial charge is 0.270 e. The van der Waals surface area contributed by atoms with Gasteiger partial charge in [-0.3, -0.25) is 9.78 Å². The van der Waals surface area contributed by atoms with Crippen molar-refractivity contribution >= 4 is 5.91 Å². The number of amides is 1. The highest BCUT2D eigenvalue weighted by atomic mass is 16.3. The average molecular weight is 208 g/mol. The summed E-state index contributed by atoms with van der Waals surface area (Å²) in [5, 5.41) is 11.6. The Kier molecular flexibility index (Phi) is 4.77. The lowest BCUT2D eigenvalue weighted by molar-refractivity contribution is 0.0924. The Morgan fingerprint density at radius 2 is 2.40 bits per heavy atom. The molecular weight excluding hydrogens is 192 g/mol. The molecule has 1 aromatic heterocycles. The van der Waals surface area contributed by atoms with Crippen molar-refractivity contribution in [2.24, 2.45) is 0 Å². The zero-order chi connectivity index (χ0) is 11.1. The maximum absolute atomic E-state index is 11.6. The van der Waals surface area contributed by atoms with Crippen LogP contribution >= 0.6 is 0 Å². The summed E-state index contributed by atoms with van der Waals surface area (Å²) in [6.45, 7) is 2.06. The number of aliphatic hydroxyl groups is 1. The van der Waals surface area contributed by atoms with Gasteiger partial charge in [-0.25, -0.2) is 0 Å². The van der Waals surface area contributed by atoms with Gasteiger partial charge in [0.25, 0.3) is 5.91 Å². The minimum atomic E-state index is -0.184. The van der Waals surface area contributed by atoms with Crippen LogP contribution in [0.4, 0.5) is 0 Å². The van der Waals surface area contributed by atoms with Crippen molar-refractivity contribution in [3.63, 3.8) is 0 Å². The normalized spacial score (nSPS) is 12.1. The number of rotatable bonds is 5. The molecular formula is C11H16N2O2. The second-order valence-corrected chi connectivity index (χ2v) is 3.31. The van der Waals surface area contributed by atoms with Crippen LogP contribution in [-0.2, 0) is 0 Å². The van der Waals surface area contributed by atoms with Gasteiger partial charge >= 0.3 is 0 Å². The molecule has 4 nitrogen and oxygen atoms in total. The Bertz CT molecular complexity index is 301. The number of hydrogen-bond donors (Lipinski definition) is 2. The van der Waals surface area contributed by atoms with Crippen molar-refractivity contribution in [3.8, 4) is 0 Å². The number of pyridine rings is 1. The summed E-state index contributed by atoms with van der Waals surface area (Å²) in [5.41, 5.74) is 0.411. The molecule has 1 aromatic rings. The summed E-state index contributed by atoms with van der Waals surface area (Å²) >= 11 is 0. The van der Waals surface area contributed by atoms with Gasteiger partial charge in [0.05, 0.1) is 0 Å². The number of carbonyl (C=O) groups is 1. The molecule has 0 aliphatic carbocycles. The molecule has 0 aliphatic heterocycles. The fourth-order valence-electron chi connectivity index (χ4n) is 1.29. The Hall–Kier alpha value is -1.42. The quantitative estimate of drug-likeness (QED) is 0.758. The first-order valence-corrected chi connectivity index (χ1v) is 5.10. The maximum atomic E-state index is 11.6. The average Bonchev–Trinajstić information content (AvgIpc) is 2.29. The van der Waals surface area contributed by atoms with E-state index < -0.39 is 0 Å². The van der Waals surface area contributed by atoms with Gasteiger partial charge in [-0.05, 0) is 25.0 Å². The number of hydrogen-bond acceptors (Lipinski definition) is 3. The summed E-state index contributed by atoms with van der Waals surface area (Å²) in [6.07, 6.45) is 2.97. The third-order valence-corrected chi connectivity index (χ3v) is 2.20. The number of nitrogens with one attached hydrogen (secondary N) is 1. The first-order valence-electron chi connectivity index (χ1n) is 5.10. The zero-order valence-corrected chi connectivity index (χ0v) is 8.81. The van der Waals surface area contributed by atoms with Crippen LogP contribution in [-0.4, -0.2) is 28.6 Å². The Labute approximate surface area is 89.3 Å². The van der Waals surface area contributed by atoms with Crippen LogP contribution < -0.4 is 5.32 Å². The van der Waals surface area contributed by atoms with Gasteiger partial charge in [-0.15, -0.1) is 0 Å². The molecule has 0 fully saturated rings. The van der Waals surface area contributed by atoms with Gasteiger partial charge in [0.15, 0.2) is 0 Å². The highest BCUT2D eigenvalue weighted by Crippen LogP contribution is 1.99. The molecule has 0 bridgehead atoms. The van der Waals surface area contributed by atoms with Crippen LogP contribution in [0, 0.1) is 0 Å². The topological polar surface area (TPSA) is 62.2 Å². The molecule has 0 saturated heterocycles. The van der Waals surface area contributed by atoms with E-state index in [9.17, 15) is 4.79 Å². The molecule has 4 heteroatoms. The van der Waals surface area contributed by atoms with Gasteiger partial charge in [0.1, 0.15) is 5.69 Å². The predicted octanol–water partition coefficient (Wildman–Crippen LogP) is 0.972. The SMILES string of the molecule is CCC(CCO)NC(=O)c1ccccn1. The van der Waals surface area contributed by atoms with Gasteiger partial charge in [0.2, 0.25) is 0 Å². The van der Waals surface area contributed by atoms with E-state index in [0.717, 1.165) is 6.42 Å². The van der Waals surface area contributed by atoms with E-state index in [0.29, 0.717) is 12.1 Å². The second kappa shape index (κ2) is 6.14. The van der Waals surface area contributed by atoms with Crippen molar-refractivity contribution in [2.45, 2.75) is 25.8 Å². The molecule has 1 amide bonds. The molecule has 0 radical (unpaired) electrons. The third-order valence-electron chi connectivity index (χ3n) is 2.20. The highest BCUT2D eigenvalue weighted by Gasteiger charge is 2.11. The molecule has 0 aliphatic rings. The van der Waals surface area contributed by atoms with E-state index in [1.165, 1.54) is 0 Å². The number of aliphatic hydroxyl groups excluding tert-OH is 1. The Morgan fingerprint density at radius 3 is 2.93 bits per heavy atom.